The number of alkyl carbamates (subject to hydrolysis) is 1. The topological polar surface area (TPSA) is 95.3 Å². The maximum absolute atomic E-state index is 12.8. The number of benzene rings is 2. The molecule has 0 radical (unpaired) electrons. The second-order valence-electron chi connectivity index (χ2n) is 11.0. The molecule has 0 aliphatic carbocycles. The zero-order chi connectivity index (χ0) is 27.2. The lowest BCUT2D eigenvalue weighted by atomic mass is 9.98. The molecule has 1 N–H and O–H groups in total. The van der Waals surface area contributed by atoms with Crippen LogP contribution in [-0.4, -0.2) is 38.0 Å². The molecule has 0 saturated heterocycles. The Morgan fingerprint density at radius 3 is 2.11 bits per heavy atom. The van der Waals surface area contributed by atoms with Gasteiger partial charge in [0.05, 0.1) is 18.7 Å². The summed E-state index contributed by atoms with van der Waals surface area (Å²) in [5, 5.41) is 11.4. The Bertz CT molecular complexity index is 1220. The standard InChI is InChI=1S/C29H38N4O4/c1-8-11-24-31-32-25(18-30-27(35)37-29(5,6)7)33(24)19-20-14-16-21(17-15-20)22-12-9-10-13-23(22)26(34)36-28(2,3)4/h9-10,12-17H,8,11,18-19H2,1-7H3,(H,30,35). The highest BCUT2D eigenvalue weighted by Gasteiger charge is 2.21. The number of esters is 1. The Balaban J connectivity index is 1.80. The van der Waals surface area contributed by atoms with E-state index in [1.807, 2.05) is 88.6 Å². The van der Waals surface area contributed by atoms with E-state index in [1.165, 1.54) is 0 Å². The molecule has 8 heteroatoms. The van der Waals surface area contributed by atoms with E-state index in [1.54, 1.807) is 6.07 Å². The van der Waals surface area contributed by atoms with E-state index in [4.69, 9.17) is 9.47 Å². The van der Waals surface area contributed by atoms with Crippen LogP contribution in [0, 0.1) is 0 Å². The highest BCUT2D eigenvalue weighted by Crippen LogP contribution is 2.26. The highest BCUT2D eigenvalue weighted by molar-refractivity contribution is 5.97. The van der Waals surface area contributed by atoms with Crippen molar-refractivity contribution in [3.63, 3.8) is 0 Å². The summed E-state index contributed by atoms with van der Waals surface area (Å²) in [6, 6.07) is 15.5. The Morgan fingerprint density at radius 2 is 1.49 bits per heavy atom. The molecule has 0 saturated carbocycles. The second kappa shape index (κ2) is 11.6. The molecular formula is C29H38N4O4. The van der Waals surface area contributed by atoms with Crippen LogP contribution in [-0.2, 0) is 29.0 Å². The molecule has 37 heavy (non-hydrogen) atoms. The molecule has 198 valence electrons. The minimum atomic E-state index is -0.574. The maximum Gasteiger partial charge on any atom is 0.408 e. The number of aromatic nitrogens is 3. The van der Waals surface area contributed by atoms with Crippen molar-refractivity contribution in [3.05, 3.63) is 71.3 Å². The summed E-state index contributed by atoms with van der Waals surface area (Å²) in [7, 11) is 0. The number of hydrogen-bond acceptors (Lipinski definition) is 6. The van der Waals surface area contributed by atoms with Crippen molar-refractivity contribution in [2.75, 3.05) is 0 Å². The average Bonchev–Trinajstić information content (AvgIpc) is 3.17. The molecule has 0 fully saturated rings. The summed E-state index contributed by atoms with van der Waals surface area (Å²) in [5.41, 5.74) is 2.18. The van der Waals surface area contributed by atoms with Gasteiger partial charge in [-0.2, -0.15) is 0 Å². The Labute approximate surface area is 219 Å². The summed E-state index contributed by atoms with van der Waals surface area (Å²) in [6.07, 6.45) is 1.21. The van der Waals surface area contributed by atoms with Crippen LogP contribution in [0.2, 0.25) is 0 Å². The van der Waals surface area contributed by atoms with Gasteiger partial charge in [0, 0.05) is 6.42 Å². The molecule has 0 spiro atoms. The first-order valence-corrected chi connectivity index (χ1v) is 12.7. The highest BCUT2D eigenvalue weighted by atomic mass is 16.6. The van der Waals surface area contributed by atoms with Gasteiger partial charge in [-0.1, -0.05) is 49.4 Å². The van der Waals surface area contributed by atoms with Crippen molar-refractivity contribution in [2.24, 2.45) is 0 Å². The van der Waals surface area contributed by atoms with Crippen LogP contribution in [0.15, 0.2) is 48.5 Å². The second-order valence-corrected chi connectivity index (χ2v) is 11.0. The van der Waals surface area contributed by atoms with Crippen LogP contribution in [0.4, 0.5) is 4.79 Å². The van der Waals surface area contributed by atoms with Crippen molar-refractivity contribution in [1.29, 1.82) is 0 Å². The molecule has 1 amide bonds. The number of rotatable bonds is 8. The fourth-order valence-corrected chi connectivity index (χ4v) is 3.78. The average molecular weight is 507 g/mol. The van der Waals surface area contributed by atoms with Crippen molar-refractivity contribution >= 4 is 12.1 Å². The summed E-state index contributed by atoms with van der Waals surface area (Å²) in [4.78, 5) is 24.9. The molecular weight excluding hydrogens is 468 g/mol. The number of carbonyl (C=O) groups excluding carboxylic acids is 2. The molecule has 2 aromatic carbocycles. The summed E-state index contributed by atoms with van der Waals surface area (Å²) >= 11 is 0. The van der Waals surface area contributed by atoms with Gasteiger partial charge in [-0.15, -0.1) is 10.2 Å². The number of hydrogen-bond donors (Lipinski definition) is 1. The molecule has 1 heterocycles. The first kappa shape index (κ1) is 27.9. The lowest BCUT2D eigenvalue weighted by molar-refractivity contribution is 0.00701. The van der Waals surface area contributed by atoms with Gasteiger partial charge in [0.15, 0.2) is 5.82 Å². The Hall–Kier alpha value is -3.68. The van der Waals surface area contributed by atoms with Gasteiger partial charge in [-0.3, -0.25) is 0 Å². The van der Waals surface area contributed by atoms with Crippen molar-refractivity contribution < 1.29 is 19.1 Å². The minimum absolute atomic E-state index is 0.215. The number of aryl methyl sites for hydroxylation is 1. The lowest BCUT2D eigenvalue weighted by Gasteiger charge is -2.20. The smallest absolute Gasteiger partial charge is 0.408 e. The quantitative estimate of drug-likeness (QED) is 0.381. The van der Waals surface area contributed by atoms with Gasteiger partial charge in [-0.05, 0) is 70.7 Å². The normalized spacial score (nSPS) is 11.8. The first-order valence-electron chi connectivity index (χ1n) is 12.7. The predicted octanol–water partition coefficient (Wildman–Crippen LogP) is 5.93. The molecule has 0 aliphatic heterocycles. The molecule has 0 atom stereocenters. The number of amides is 1. The van der Waals surface area contributed by atoms with Gasteiger partial charge < -0.3 is 19.4 Å². The Morgan fingerprint density at radius 1 is 0.865 bits per heavy atom. The van der Waals surface area contributed by atoms with E-state index in [0.717, 1.165) is 35.4 Å². The van der Waals surface area contributed by atoms with Crippen LogP contribution in [0.1, 0.15) is 82.5 Å². The van der Waals surface area contributed by atoms with Crippen molar-refractivity contribution in [3.8, 4) is 11.1 Å². The van der Waals surface area contributed by atoms with Crippen molar-refractivity contribution in [2.45, 2.75) is 85.6 Å². The summed E-state index contributed by atoms with van der Waals surface area (Å²) in [5.74, 6) is 1.18. The third-order valence-corrected chi connectivity index (χ3v) is 5.32. The molecule has 0 unspecified atom stereocenters. The fourth-order valence-electron chi connectivity index (χ4n) is 3.78. The van der Waals surface area contributed by atoms with E-state index in [0.29, 0.717) is 17.9 Å². The zero-order valence-electron chi connectivity index (χ0n) is 22.9. The molecule has 0 aliphatic rings. The van der Waals surface area contributed by atoms with Gasteiger partial charge in [0.1, 0.15) is 17.0 Å². The van der Waals surface area contributed by atoms with E-state index in [9.17, 15) is 9.59 Å². The SMILES string of the molecule is CCCc1nnc(CNC(=O)OC(C)(C)C)n1Cc1ccc(-c2ccccc2C(=O)OC(C)(C)C)cc1. The van der Waals surface area contributed by atoms with Crippen LogP contribution >= 0.6 is 0 Å². The number of carbonyl (C=O) groups is 2. The van der Waals surface area contributed by atoms with Crippen LogP contribution in [0.3, 0.4) is 0 Å². The summed E-state index contributed by atoms with van der Waals surface area (Å²) < 4.78 is 13.0. The maximum atomic E-state index is 12.8. The summed E-state index contributed by atoms with van der Waals surface area (Å²) in [6.45, 7) is 13.9. The lowest BCUT2D eigenvalue weighted by Crippen LogP contribution is -2.33. The molecule has 3 rings (SSSR count). The third kappa shape index (κ3) is 8.17. The van der Waals surface area contributed by atoms with Crippen LogP contribution < -0.4 is 5.32 Å². The van der Waals surface area contributed by atoms with E-state index >= 15 is 0 Å². The van der Waals surface area contributed by atoms with E-state index in [-0.39, 0.29) is 12.5 Å². The molecule has 0 bridgehead atoms. The van der Waals surface area contributed by atoms with Crippen LogP contribution in [0.5, 0.6) is 0 Å². The van der Waals surface area contributed by atoms with E-state index < -0.39 is 17.3 Å². The monoisotopic (exact) mass is 506 g/mol. The predicted molar refractivity (Wildman–Crippen MR) is 143 cm³/mol. The third-order valence-electron chi connectivity index (χ3n) is 5.32. The molecule has 8 nitrogen and oxygen atoms in total. The Kier molecular flexibility index (Phi) is 8.73. The minimum Gasteiger partial charge on any atom is -0.456 e. The fraction of sp³-hybridized carbons (Fsp3) is 0.448. The van der Waals surface area contributed by atoms with Crippen LogP contribution in [0.25, 0.3) is 11.1 Å². The van der Waals surface area contributed by atoms with Gasteiger partial charge in [-0.25, -0.2) is 9.59 Å². The molecule has 3 aromatic rings. The van der Waals surface area contributed by atoms with Gasteiger partial charge in [0.2, 0.25) is 0 Å². The largest absolute Gasteiger partial charge is 0.456 e. The number of ether oxygens (including phenoxy) is 2. The number of nitrogens with one attached hydrogen (secondary N) is 1. The van der Waals surface area contributed by atoms with E-state index in [2.05, 4.69) is 22.4 Å². The zero-order valence-corrected chi connectivity index (χ0v) is 22.9. The number of nitrogens with zero attached hydrogens (tertiary/aromatic N) is 3. The van der Waals surface area contributed by atoms with Gasteiger partial charge in [0.25, 0.3) is 0 Å². The first-order chi connectivity index (χ1) is 17.4. The van der Waals surface area contributed by atoms with Gasteiger partial charge >= 0.3 is 12.1 Å². The van der Waals surface area contributed by atoms with Crippen molar-refractivity contribution in [1.82, 2.24) is 20.1 Å². The molecule has 1 aromatic heterocycles.